The van der Waals surface area contributed by atoms with Gasteiger partial charge in [0.05, 0.1) is 11.0 Å². The first-order valence-electron chi connectivity index (χ1n) is 30.5. The summed E-state index contributed by atoms with van der Waals surface area (Å²) in [6.45, 7) is -0.130. The molecule has 0 spiro atoms. The SMILES string of the molecule is c1cc2c3c(c1)-n1c4cc5c6ccccc6c6ccccc6c5cc4c4cc(-c5c6ccccc6cc6ccccc56)cc(c41)B3c1cc(-c3c4ccccc4cc4ccccc34)cc3c4cc(-c5c6ccccc6cc6ccccc56)ccc4n-2c13. The third kappa shape index (κ3) is 6.05. The van der Waals surface area contributed by atoms with Crippen molar-refractivity contribution in [2.45, 2.75) is 0 Å². The highest BCUT2D eigenvalue weighted by atomic mass is 15.0. The molecule has 0 amide bonds. The van der Waals surface area contributed by atoms with Crippen LogP contribution in [0.4, 0.5) is 0 Å². The smallest absolute Gasteiger partial charge is 0.252 e. The molecule has 0 atom stereocenters. The number of fused-ring (bicyclic) bond motifs is 22. The predicted molar refractivity (Wildman–Crippen MR) is 374 cm³/mol. The van der Waals surface area contributed by atoms with E-state index < -0.39 is 0 Å². The second kappa shape index (κ2) is 16.8. The normalized spacial score (nSPS) is 12.8. The lowest BCUT2D eigenvalue weighted by molar-refractivity contribution is 1.14. The van der Waals surface area contributed by atoms with Crippen molar-refractivity contribution in [1.29, 1.82) is 0 Å². The summed E-state index contributed by atoms with van der Waals surface area (Å²) in [6, 6.07) is 109. The maximum absolute atomic E-state index is 2.67. The highest BCUT2D eigenvalue weighted by Crippen LogP contribution is 2.48. The third-order valence-corrected chi connectivity index (χ3v) is 20.3. The van der Waals surface area contributed by atoms with Crippen molar-refractivity contribution >= 4 is 164 Å². The molecule has 2 nitrogen and oxygen atoms in total. The molecule has 19 aromatic rings. The van der Waals surface area contributed by atoms with Crippen LogP contribution in [0.3, 0.4) is 0 Å². The van der Waals surface area contributed by atoms with E-state index in [0.717, 1.165) is 0 Å². The van der Waals surface area contributed by atoms with Crippen LogP contribution in [0.1, 0.15) is 0 Å². The lowest BCUT2D eigenvalue weighted by Crippen LogP contribution is -2.59. The molecule has 0 fully saturated rings. The number of aromatic nitrogens is 2. The Bertz CT molecular complexity index is 6230. The van der Waals surface area contributed by atoms with Gasteiger partial charge in [-0.1, -0.05) is 218 Å². The summed E-state index contributed by atoms with van der Waals surface area (Å²) < 4.78 is 5.32. The molecule has 17 aromatic carbocycles. The molecule has 0 radical (unpaired) electrons. The molecule has 21 rings (SSSR count). The van der Waals surface area contributed by atoms with Crippen LogP contribution in [0.5, 0.6) is 0 Å². The van der Waals surface area contributed by atoms with Gasteiger partial charge in [0.15, 0.2) is 0 Å². The Morgan fingerprint density at radius 3 is 0.966 bits per heavy atom. The van der Waals surface area contributed by atoms with E-state index in [1.165, 1.54) is 202 Å². The summed E-state index contributed by atoms with van der Waals surface area (Å²) in [6.07, 6.45) is 0. The van der Waals surface area contributed by atoms with Gasteiger partial charge >= 0.3 is 0 Å². The fourth-order valence-corrected chi connectivity index (χ4v) is 16.8. The van der Waals surface area contributed by atoms with Crippen molar-refractivity contribution in [2.75, 3.05) is 0 Å². The van der Waals surface area contributed by atoms with Crippen LogP contribution in [-0.2, 0) is 0 Å². The van der Waals surface area contributed by atoms with E-state index in [1.807, 2.05) is 0 Å². The molecular weight excluding hydrogens is 1050 g/mol. The molecule has 396 valence electrons. The maximum Gasteiger partial charge on any atom is 0.252 e. The van der Waals surface area contributed by atoms with Gasteiger partial charge < -0.3 is 9.13 Å². The Morgan fingerprint density at radius 2 is 0.540 bits per heavy atom. The lowest BCUT2D eigenvalue weighted by Gasteiger charge is -2.34. The third-order valence-electron chi connectivity index (χ3n) is 20.3. The molecule has 2 aliphatic heterocycles. The Labute approximate surface area is 499 Å². The number of benzene rings is 17. The molecule has 87 heavy (non-hydrogen) atoms. The van der Waals surface area contributed by atoms with Crippen LogP contribution in [-0.4, -0.2) is 15.8 Å². The van der Waals surface area contributed by atoms with Crippen LogP contribution in [0.25, 0.3) is 185 Å². The second-order valence-electron chi connectivity index (χ2n) is 24.6. The molecule has 0 bridgehead atoms. The average molecular weight is 1100 g/mol. The first-order valence-corrected chi connectivity index (χ1v) is 30.5. The minimum atomic E-state index is -0.130. The minimum Gasteiger partial charge on any atom is -0.310 e. The largest absolute Gasteiger partial charge is 0.310 e. The quantitative estimate of drug-likeness (QED) is 0.0948. The van der Waals surface area contributed by atoms with Gasteiger partial charge in [-0.3, -0.25) is 0 Å². The van der Waals surface area contributed by atoms with Gasteiger partial charge in [-0.25, -0.2) is 0 Å². The highest BCUT2D eigenvalue weighted by Gasteiger charge is 2.42. The number of nitrogens with zero attached hydrogens (tertiary/aromatic N) is 2. The summed E-state index contributed by atoms with van der Waals surface area (Å²) in [5.74, 6) is 0. The fourth-order valence-electron chi connectivity index (χ4n) is 16.8. The van der Waals surface area contributed by atoms with Crippen LogP contribution in [0.2, 0.25) is 0 Å². The molecule has 0 N–H and O–H groups in total. The van der Waals surface area contributed by atoms with Gasteiger partial charge in [-0.2, -0.15) is 0 Å². The number of hydrogen-bond donors (Lipinski definition) is 0. The van der Waals surface area contributed by atoms with Crippen molar-refractivity contribution in [3.8, 4) is 44.8 Å². The van der Waals surface area contributed by atoms with E-state index >= 15 is 0 Å². The van der Waals surface area contributed by atoms with E-state index in [0.29, 0.717) is 0 Å². The van der Waals surface area contributed by atoms with Gasteiger partial charge in [0.2, 0.25) is 0 Å². The van der Waals surface area contributed by atoms with Crippen LogP contribution < -0.4 is 16.4 Å². The summed E-state index contributed by atoms with van der Waals surface area (Å²) in [4.78, 5) is 0. The Kier molecular flexibility index (Phi) is 8.89. The summed E-state index contributed by atoms with van der Waals surface area (Å²) in [5.41, 5.74) is 19.0. The average Bonchev–Trinajstić information content (AvgIpc) is 1.62. The molecule has 0 saturated heterocycles. The van der Waals surface area contributed by atoms with Crippen LogP contribution >= 0.6 is 0 Å². The standard InChI is InChI=1S/C84H47BN2/c1-7-24-57-48(18-1)38-49-19-2-8-25-58(49)79(57)54-36-37-75-69(41-54)71-42-55(80-59-26-9-3-20-50(59)39-51-21-4-10-27-60(51)80)44-73-83(71)86(75)76-34-17-35-77-82(76)85(73)74-45-56(81-61-28-11-5-22-52(61)40-53-23-6-12-29-62(53)81)43-72-70-46-67-65-32-15-13-30-63(65)64-31-14-16-33-66(64)68(67)47-78(70)87(77)84(72)74/h1-47H. The molecule has 2 aliphatic rings. The Hall–Kier alpha value is -11.3. The Morgan fingerprint density at radius 1 is 0.207 bits per heavy atom. The summed E-state index contributed by atoms with van der Waals surface area (Å²) >= 11 is 0. The second-order valence-corrected chi connectivity index (χ2v) is 24.6. The summed E-state index contributed by atoms with van der Waals surface area (Å²) in [7, 11) is 0. The Balaban J connectivity index is 0.954. The van der Waals surface area contributed by atoms with Crippen LogP contribution in [0, 0.1) is 0 Å². The number of hydrogen-bond acceptors (Lipinski definition) is 0. The van der Waals surface area contributed by atoms with E-state index in [2.05, 4.69) is 294 Å². The van der Waals surface area contributed by atoms with Gasteiger partial charge in [-0.15, -0.1) is 0 Å². The van der Waals surface area contributed by atoms with Crippen molar-refractivity contribution in [3.63, 3.8) is 0 Å². The maximum atomic E-state index is 2.67. The molecule has 3 heteroatoms. The zero-order valence-corrected chi connectivity index (χ0v) is 47.1. The van der Waals surface area contributed by atoms with Crippen molar-refractivity contribution < 1.29 is 0 Å². The van der Waals surface area contributed by atoms with Crippen molar-refractivity contribution in [3.05, 3.63) is 285 Å². The minimum absolute atomic E-state index is 0.130. The van der Waals surface area contributed by atoms with Crippen LogP contribution in [0.15, 0.2) is 285 Å². The first-order chi connectivity index (χ1) is 43.2. The topological polar surface area (TPSA) is 9.86 Å². The van der Waals surface area contributed by atoms with E-state index in [1.54, 1.807) is 0 Å². The lowest BCUT2D eigenvalue weighted by atomic mass is 9.34. The zero-order valence-electron chi connectivity index (χ0n) is 47.1. The van der Waals surface area contributed by atoms with E-state index in [4.69, 9.17) is 0 Å². The highest BCUT2D eigenvalue weighted by molar-refractivity contribution is 7.00. The zero-order chi connectivity index (χ0) is 56.3. The predicted octanol–water partition coefficient (Wildman–Crippen LogP) is 20.4. The van der Waals surface area contributed by atoms with E-state index in [9.17, 15) is 0 Å². The van der Waals surface area contributed by atoms with Gasteiger partial charge in [-0.05, 0) is 213 Å². The molecular formula is C84H47BN2. The van der Waals surface area contributed by atoms with Crippen molar-refractivity contribution in [1.82, 2.24) is 9.13 Å². The number of rotatable bonds is 3. The molecule has 0 saturated carbocycles. The molecule has 0 aliphatic carbocycles. The monoisotopic (exact) mass is 1090 g/mol. The van der Waals surface area contributed by atoms with Gasteiger partial charge in [0, 0.05) is 44.0 Å². The van der Waals surface area contributed by atoms with E-state index in [-0.39, 0.29) is 6.71 Å². The molecule has 2 aromatic heterocycles. The summed E-state index contributed by atoms with van der Waals surface area (Å²) in [5, 5.41) is 27.8. The van der Waals surface area contributed by atoms with Gasteiger partial charge in [0.25, 0.3) is 6.71 Å². The first kappa shape index (κ1) is 46.2. The molecule has 0 unspecified atom stereocenters. The van der Waals surface area contributed by atoms with Crippen molar-refractivity contribution in [2.24, 2.45) is 0 Å². The van der Waals surface area contributed by atoms with Gasteiger partial charge in [0.1, 0.15) is 0 Å². The fraction of sp³-hybridized carbons (Fsp3) is 0. The molecule has 4 heterocycles.